The third-order valence-corrected chi connectivity index (χ3v) is 6.05. The van der Waals surface area contributed by atoms with Crippen LogP contribution in [0, 0.1) is 5.92 Å². The SMILES string of the molecule is CCOCCOCC(=O)N[C@@H](CC(C)C)C(=O)Nc1nc2ccccc2c2c1nc(COCC)n2CC(C)(C)O. The van der Waals surface area contributed by atoms with Crippen LogP contribution in [0.1, 0.15) is 53.8 Å². The number of benzene rings is 1. The van der Waals surface area contributed by atoms with Gasteiger partial charge in [0.15, 0.2) is 5.82 Å². The molecule has 0 aliphatic heterocycles. The molecule has 3 rings (SSSR count). The number of ether oxygens (including phenoxy) is 3. The number of para-hydroxylation sites is 1. The van der Waals surface area contributed by atoms with E-state index in [2.05, 4.69) is 10.6 Å². The first-order chi connectivity index (χ1) is 19.0. The normalized spacial score (nSPS) is 12.8. The topological polar surface area (TPSA) is 137 Å². The van der Waals surface area contributed by atoms with Crippen molar-refractivity contribution in [1.82, 2.24) is 19.9 Å². The molecule has 11 heteroatoms. The van der Waals surface area contributed by atoms with Crippen LogP contribution in [0.4, 0.5) is 5.82 Å². The largest absolute Gasteiger partial charge is 0.389 e. The van der Waals surface area contributed by atoms with Crippen LogP contribution in [-0.4, -0.2) is 76.1 Å². The molecule has 0 radical (unpaired) electrons. The molecule has 0 spiro atoms. The molecule has 0 saturated carbocycles. The van der Waals surface area contributed by atoms with Gasteiger partial charge in [0.1, 0.15) is 30.6 Å². The Labute approximate surface area is 235 Å². The van der Waals surface area contributed by atoms with Crippen LogP contribution in [-0.2, 0) is 37.0 Å². The molecule has 2 aromatic heterocycles. The Bertz CT molecular complexity index is 1280. The molecule has 40 heavy (non-hydrogen) atoms. The van der Waals surface area contributed by atoms with E-state index in [4.69, 9.17) is 24.2 Å². The molecule has 0 saturated heterocycles. The van der Waals surface area contributed by atoms with Gasteiger partial charge >= 0.3 is 0 Å². The summed E-state index contributed by atoms with van der Waals surface area (Å²) in [6, 6.07) is 6.79. The number of fused-ring (bicyclic) bond motifs is 3. The van der Waals surface area contributed by atoms with Crippen molar-refractivity contribution in [3.05, 3.63) is 30.1 Å². The van der Waals surface area contributed by atoms with Crippen LogP contribution < -0.4 is 10.6 Å². The molecule has 2 amide bonds. The first-order valence-corrected chi connectivity index (χ1v) is 13.9. The number of carbonyl (C=O) groups excluding carboxylic acids is 2. The van der Waals surface area contributed by atoms with Crippen molar-refractivity contribution in [2.45, 2.75) is 72.8 Å². The molecule has 3 aromatic rings. The Morgan fingerprint density at radius 1 is 1.05 bits per heavy atom. The van der Waals surface area contributed by atoms with E-state index in [1.807, 2.05) is 56.5 Å². The number of aliphatic hydroxyl groups is 1. The molecule has 1 aromatic carbocycles. The summed E-state index contributed by atoms with van der Waals surface area (Å²) in [7, 11) is 0. The van der Waals surface area contributed by atoms with Crippen LogP contribution in [0.25, 0.3) is 21.9 Å². The molecule has 0 bridgehead atoms. The Hall–Kier alpha value is -3.12. The monoisotopic (exact) mass is 557 g/mol. The highest BCUT2D eigenvalue weighted by molar-refractivity contribution is 6.10. The van der Waals surface area contributed by atoms with E-state index in [9.17, 15) is 14.7 Å². The molecule has 0 fully saturated rings. The highest BCUT2D eigenvalue weighted by Crippen LogP contribution is 2.31. The van der Waals surface area contributed by atoms with E-state index in [1.165, 1.54) is 0 Å². The van der Waals surface area contributed by atoms with E-state index in [1.54, 1.807) is 13.8 Å². The van der Waals surface area contributed by atoms with Gasteiger partial charge < -0.3 is 34.5 Å². The quantitative estimate of drug-likeness (QED) is 0.228. The molecule has 220 valence electrons. The number of aromatic nitrogens is 3. The zero-order chi connectivity index (χ0) is 29.3. The van der Waals surface area contributed by atoms with Gasteiger partial charge in [-0.1, -0.05) is 32.0 Å². The minimum Gasteiger partial charge on any atom is -0.389 e. The van der Waals surface area contributed by atoms with Gasteiger partial charge in [-0.15, -0.1) is 0 Å². The molecule has 1 atom stereocenters. The van der Waals surface area contributed by atoms with Gasteiger partial charge in [0.05, 0.1) is 36.4 Å². The predicted octanol–water partition coefficient (Wildman–Crippen LogP) is 3.41. The van der Waals surface area contributed by atoms with Crippen molar-refractivity contribution in [2.75, 3.05) is 38.4 Å². The highest BCUT2D eigenvalue weighted by atomic mass is 16.5. The number of amides is 2. The first-order valence-electron chi connectivity index (χ1n) is 13.9. The molecular formula is C29H43N5O6. The van der Waals surface area contributed by atoms with Crippen molar-refractivity contribution in [1.29, 1.82) is 0 Å². The number of imidazole rings is 1. The van der Waals surface area contributed by atoms with Gasteiger partial charge in [-0.25, -0.2) is 9.97 Å². The molecule has 3 N–H and O–H groups in total. The number of hydrogen-bond acceptors (Lipinski definition) is 8. The lowest BCUT2D eigenvalue weighted by molar-refractivity contribution is -0.130. The lowest BCUT2D eigenvalue weighted by Gasteiger charge is -2.21. The summed E-state index contributed by atoms with van der Waals surface area (Å²) in [5.74, 6) is 0.250. The van der Waals surface area contributed by atoms with Crippen molar-refractivity contribution < 1.29 is 28.9 Å². The maximum absolute atomic E-state index is 13.5. The average molecular weight is 558 g/mol. The lowest BCUT2D eigenvalue weighted by Crippen LogP contribution is -2.46. The number of anilines is 1. The van der Waals surface area contributed by atoms with E-state index in [0.29, 0.717) is 49.7 Å². The highest BCUT2D eigenvalue weighted by Gasteiger charge is 2.27. The van der Waals surface area contributed by atoms with Crippen molar-refractivity contribution in [2.24, 2.45) is 5.92 Å². The fraction of sp³-hybridized carbons (Fsp3) is 0.586. The number of pyridine rings is 1. The van der Waals surface area contributed by atoms with Gasteiger partial charge in [-0.05, 0) is 46.1 Å². The Kier molecular flexibility index (Phi) is 11.4. The minimum absolute atomic E-state index is 0.142. The molecular weight excluding hydrogens is 514 g/mol. The minimum atomic E-state index is -1.03. The number of carbonyl (C=O) groups is 2. The van der Waals surface area contributed by atoms with Crippen LogP contribution >= 0.6 is 0 Å². The van der Waals surface area contributed by atoms with Crippen LogP contribution in [0.2, 0.25) is 0 Å². The maximum atomic E-state index is 13.5. The second kappa shape index (κ2) is 14.5. The summed E-state index contributed by atoms with van der Waals surface area (Å²) in [5, 5.41) is 17.3. The zero-order valence-corrected chi connectivity index (χ0v) is 24.5. The fourth-order valence-corrected chi connectivity index (χ4v) is 4.40. The van der Waals surface area contributed by atoms with E-state index in [-0.39, 0.29) is 37.4 Å². The number of rotatable bonds is 16. The average Bonchev–Trinajstić information content (AvgIpc) is 3.23. The first kappa shape index (κ1) is 31.4. The lowest BCUT2D eigenvalue weighted by atomic mass is 10.0. The van der Waals surface area contributed by atoms with E-state index < -0.39 is 17.6 Å². The van der Waals surface area contributed by atoms with Gasteiger partial charge in [0, 0.05) is 18.6 Å². The maximum Gasteiger partial charge on any atom is 0.248 e. The summed E-state index contributed by atoms with van der Waals surface area (Å²) in [4.78, 5) is 35.7. The molecule has 0 aliphatic carbocycles. The van der Waals surface area contributed by atoms with E-state index in [0.717, 1.165) is 10.9 Å². The van der Waals surface area contributed by atoms with Crippen LogP contribution in [0.5, 0.6) is 0 Å². The van der Waals surface area contributed by atoms with Gasteiger partial charge in [-0.3, -0.25) is 9.59 Å². The van der Waals surface area contributed by atoms with Crippen LogP contribution in [0.15, 0.2) is 24.3 Å². The van der Waals surface area contributed by atoms with Gasteiger partial charge in [0.25, 0.3) is 0 Å². The van der Waals surface area contributed by atoms with Gasteiger partial charge in [0.2, 0.25) is 11.8 Å². The van der Waals surface area contributed by atoms with Crippen molar-refractivity contribution in [3.63, 3.8) is 0 Å². The number of nitrogens with zero attached hydrogens (tertiary/aromatic N) is 3. The summed E-state index contributed by atoms with van der Waals surface area (Å²) in [6.45, 7) is 13.3. The molecule has 0 aliphatic rings. The standard InChI is InChI=1S/C29H43N5O6/c1-7-38-13-14-40-17-24(35)30-22(15-19(3)4)28(36)33-27-25-26(20-11-9-10-12-21(20)31-27)34(18-29(5,6)37)23(32-25)16-39-8-2/h9-12,19,22,37H,7-8,13-18H2,1-6H3,(H,30,35)(H,31,33,36)/t22-/m0/s1. The number of hydrogen-bond donors (Lipinski definition) is 3. The number of nitrogens with one attached hydrogen (secondary N) is 2. The Morgan fingerprint density at radius 3 is 2.42 bits per heavy atom. The van der Waals surface area contributed by atoms with Crippen LogP contribution in [0.3, 0.4) is 0 Å². The third-order valence-electron chi connectivity index (χ3n) is 6.05. The van der Waals surface area contributed by atoms with Crippen molar-refractivity contribution in [3.8, 4) is 0 Å². The second-order valence-electron chi connectivity index (χ2n) is 10.7. The Morgan fingerprint density at radius 2 is 1.75 bits per heavy atom. The molecule has 0 unspecified atom stereocenters. The third kappa shape index (κ3) is 8.69. The summed E-state index contributed by atoms with van der Waals surface area (Å²) < 4.78 is 18.2. The van der Waals surface area contributed by atoms with E-state index >= 15 is 0 Å². The summed E-state index contributed by atoms with van der Waals surface area (Å²) in [5.41, 5.74) is 0.863. The smallest absolute Gasteiger partial charge is 0.248 e. The van der Waals surface area contributed by atoms with Crippen molar-refractivity contribution >= 4 is 39.6 Å². The fourth-order valence-electron chi connectivity index (χ4n) is 4.40. The molecule has 11 nitrogen and oxygen atoms in total. The summed E-state index contributed by atoms with van der Waals surface area (Å²) >= 11 is 0. The second-order valence-corrected chi connectivity index (χ2v) is 10.7. The zero-order valence-electron chi connectivity index (χ0n) is 24.5. The Balaban J connectivity index is 1.96. The van der Waals surface area contributed by atoms with Gasteiger partial charge in [-0.2, -0.15) is 0 Å². The molecule has 2 heterocycles. The summed E-state index contributed by atoms with van der Waals surface area (Å²) in [6.07, 6.45) is 0.427. The predicted molar refractivity (Wildman–Crippen MR) is 154 cm³/mol.